The highest BCUT2D eigenvalue weighted by Crippen LogP contribution is 2.38. The Bertz CT molecular complexity index is 575. The molecule has 1 fully saturated rings. The van der Waals surface area contributed by atoms with E-state index in [4.69, 9.17) is 4.74 Å². The summed E-state index contributed by atoms with van der Waals surface area (Å²) in [6, 6.07) is 6.54. The van der Waals surface area contributed by atoms with Crippen LogP contribution in [0.2, 0.25) is 0 Å². The quantitative estimate of drug-likeness (QED) is 0.929. The smallest absolute Gasteiger partial charge is 0.216 e. The number of likely N-dealkylation sites (tertiary alicyclic amines) is 1. The van der Waals surface area contributed by atoms with E-state index in [9.17, 15) is 4.79 Å². The normalized spacial score (nSPS) is 20.8. The summed E-state index contributed by atoms with van der Waals surface area (Å²) in [6.45, 7) is 9.88. The van der Waals surface area contributed by atoms with Gasteiger partial charge in [-0.15, -0.1) is 0 Å². The van der Waals surface area contributed by atoms with Crippen LogP contribution in [-0.4, -0.2) is 36.0 Å². The van der Waals surface area contributed by atoms with Crippen molar-refractivity contribution in [2.45, 2.75) is 52.2 Å². The first kappa shape index (κ1) is 16.3. The average molecular weight is 316 g/mol. The van der Waals surface area contributed by atoms with Crippen molar-refractivity contribution in [2.75, 3.05) is 19.6 Å². The second-order valence-corrected chi connectivity index (χ2v) is 7.60. The number of nitrogens with zero attached hydrogens (tertiary/aromatic N) is 1. The number of benzene rings is 1. The van der Waals surface area contributed by atoms with Crippen LogP contribution < -0.4 is 10.1 Å². The van der Waals surface area contributed by atoms with Gasteiger partial charge in [-0.05, 0) is 51.3 Å². The standard InChI is InChI=1S/C19H28N2O2/c1-14(22)20-12-15-7-9-21(10-8-15)13-17-6-4-5-16-11-19(2,3)23-18(16)17/h4-6,15H,7-13H2,1-3H3,(H,20,22). The van der Waals surface area contributed by atoms with E-state index in [0.717, 1.165) is 51.2 Å². The highest BCUT2D eigenvalue weighted by molar-refractivity contribution is 5.72. The van der Waals surface area contributed by atoms with Gasteiger partial charge < -0.3 is 10.1 Å². The van der Waals surface area contributed by atoms with E-state index in [2.05, 4.69) is 42.3 Å². The van der Waals surface area contributed by atoms with Gasteiger partial charge >= 0.3 is 0 Å². The van der Waals surface area contributed by atoms with Crippen molar-refractivity contribution in [1.82, 2.24) is 10.2 Å². The van der Waals surface area contributed by atoms with Crippen LogP contribution in [0.15, 0.2) is 18.2 Å². The number of carbonyl (C=O) groups is 1. The summed E-state index contributed by atoms with van der Waals surface area (Å²) in [5.41, 5.74) is 2.57. The molecule has 0 unspecified atom stereocenters. The fourth-order valence-electron chi connectivity index (χ4n) is 3.68. The van der Waals surface area contributed by atoms with Crippen LogP contribution in [0, 0.1) is 5.92 Å². The topological polar surface area (TPSA) is 41.6 Å². The van der Waals surface area contributed by atoms with E-state index in [1.165, 1.54) is 11.1 Å². The third-order valence-corrected chi connectivity index (χ3v) is 4.91. The van der Waals surface area contributed by atoms with E-state index >= 15 is 0 Å². The minimum atomic E-state index is -0.0796. The number of hydrogen-bond acceptors (Lipinski definition) is 3. The first-order valence-corrected chi connectivity index (χ1v) is 8.69. The molecule has 0 bridgehead atoms. The highest BCUT2D eigenvalue weighted by Gasteiger charge is 2.32. The Balaban J connectivity index is 1.56. The molecule has 1 amide bonds. The Morgan fingerprint density at radius 2 is 2.09 bits per heavy atom. The number of carbonyl (C=O) groups excluding carboxylic acids is 1. The van der Waals surface area contributed by atoms with Gasteiger partial charge in [0.2, 0.25) is 5.91 Å². The molecule has 0 radical (unpaired) electrons. The van der Waals surface area contributed by atoms with Crippen LogP contribution >= 0.6 is 0 Å². The zero-order chi connectivity index (χ0) is 16.4. The van der Waals surface area contributed by atoms with Crippen LogP contribution in [0.25, 0.3) is 0 Å². The molecule has 1 saturated heterocycles. The van der Waals surface area contributed by atoms with Crippen molar-refractivity contribution in [1.29, 1.82) is 0 Å². The highest BCUT2D eigenvalue weighted by atomic mass is 16.5. The molecule has 2 heterocycles. The maximum atomic E-state index is 11.0. The number of rotatable bonds is 4. The van der Waals surface area contributed by atoms with Crippen molar-refractivity contribution in [3.8, 4) is 5.75 Å². The first-order valence-electron chi connectivity index (χ1n) is 8.69. The molecule has 1 aromatic rings. The SMILES string of the molecule is CC(=O)NCC1CCN(Cc2cccc3c2OC(C)(C)C3)CC1. The summed E-state index contributed by atoms with van der Waals surface area (Å²) in [5.74, 6) is 1.80. The van der Waals surface area contributed by atoms with Gasteiger partial charge in [-0.25, -0.2) is 0 Å². The molecule has 0 aliphatic carbocycles. The van der Waals surface area contributed by atoms with Crippen LogP contribution in [0.4, 0.5) is 0 Å². The predicted octanol–water partition coefficient (Wildman–Crippen LogP) is 2.75. The summed E-state index contributed by atoms with van der Waals surface area (Å²) >= 11 is 0. The number of nitrogens with one attached hydrogen (secondary N) is 1. The van der Waals surface area contributed by atoms with Crippen molar-refractivity contribution in [3.05, 3.63) is 29.3 Å². The first-order chi connectivity index (χ1) is 10.9. The Labute approximate surface area is 139 Å². The zero-order valence-corrected chi connectivity index (χ0v) is 14.5. The molecule has 0 saturated carbocycles. The number of piperidine rings is 1. The number of para-hydroxylation sites is 1. The van der Waals surface area contributed by atoms with Gasteiger partial charge in [0.25, 0.3) is 0 Å². The van der Waals surface area contributed by atoms with Crippen molar-refractivity contribution in [2.24, 2.45) is 5.92 Å². The molecule has 1 aromatic carbocycles. The largest absolute Gasteiger partial charge is 0.487 e. The summed E-state index contributed by atoms with van der Waals surface area (Å²) < 4.78 is 6.18. The van der Waals surface area contributed by atoms with Crippen LogP contribution in [0.3, 0.4) is 0 Å². The third-order valence-electron chi connectivity index (χ3n) is 4.91. The van der Waals surface area contributed by atoms with Crippen molar-refractivity contribution < 1.29 is 9.53 Å². The minimum Gasteiger partial charge on any atom is -0.487 e. The lowest BCUT2D eigenvalue weighted by molar-refractivity contribution is -0.119. The van der Waals surface area contributed by atoms with E-state index in [-0.39, 0.29) is 11.5 Å². The molecule has 126 valence electrons. The van der Waals surface area contributed by atoms with Gasteiger partial charge in [0, 0.05) is 32.0 Å². The third kappa shape index (κ3) is 4.05. The minimum absolute atomic E-state index is 0.0760. The van der Waals surface area contributed by atoms with Crippen LogP contribution in [-0.2, 0) is 17.8 Å². The van der Waals surface area contributed by atoms with Gasteiger partial charge in [-0.3, -0.25) is 9.69 Å². The van der Waals surface area contributed by atoms with Gasteiger partial charge in [0.15, 0.2) is 0 Å². The molecule has 0 atom stereocenters. The Kier molecular flexibility index (Phi) is 4.62. The second kappa shape index (κ2) is 6.52. The fraction of sp³-hybridized carbons (Fsp3) is 0.632. The molecule has 4 heteroatoms. The lowest BCUT2D eigenvalue weighted by Gasteiger charge is -2.32. The average Bonchev–Trinajstić information content (AvgIpc) is 2.81. The number of amides is 1. The molecule has 0 spiro atoms. The monoisotopic (exact) mass is 316 g/mol. The fourth-order valence-corrected chi connectivity index (χ4v) is 3.68. The van der Waals surface area contributed by atoms with Gasteiger partial charge in [0.05, 0.1) is 0 Å². The number of ether oxygens (including phenoxy) is 1. The maximum Gasteiger partial charge on any atom is 0.216 e. The van der Waals surface area contributed by atoms with Gasteiger partial charge in [0.1, 0.15) is 11.4 Å². The molecule has 0 aromatic heterocycles. The molecular weight excluding hydrogens is 288 g/mol. The van der Waals surface area contributed by atoms with E-state index < -0.39 is 0 Å². The van der Waals surface area contributed by atoms with E-state index in [0.29, 0.717) is 5.92 Å². The molecule has 1 N–H and O–H groups in total. The molecule has 2 aliphatic heterocycles. The molecule has 2 aliphatic rings. The molecule has 23 heavy (non-hydrogen) atoms. The summed E-state index contributed by atoms with van der Waals surface area (Å²) in [7, 11) is 0. The predicted molar refractivity (Wildman–Crippen MR) is 91.5 cm³/mol. The van der Waals surface area contributed by atoms with Crippen LogP contribution in [0.5, 0.6) is 5.75 Å². The summed E-state index contributed by atoms with van der Waals surface area (Å²) in [5, 5.41) is 2.95. The molecule has 4 nitrogen and oxygen atoms in total. The van der Waals surface area contributed by atoms with Gasteiger partial charge in [-0.1, -0.05) is 18.2 Å². The summed E-state index contributed by atoms with van der Waals surface area (Å²) in [4.78, 5) is 13.5. The lowest BCUT2D eigenvalue weighted by atomic mass is 9.96. The zero-order valence-electron chi connectivity index (χ0n) is 14.5. The second-order valence-electron chi connectivity index (χ2n) is 7.60. The Morgan fingerprint density at radius 3 is 2.78 bits per heavy atom. The summed E-state index contributed by atoms with van der Waals surface area (Å²) in [6.07, 6.45) is 3.30. The van der Waals surface area contributed by atoms with Crippen LogP contribution in [0.1, 0.15) is 44.7 Å². The van der Waals surface area contributed by atoms with Crippen molar-refractivity contribution >= 4 is 5.91 Å². The van der Waals surface area contributed by atoms with Gasteiger partial charge in [-0.2, -0.15) is 0 Å². The lowest BCUT2D eigenvalue weighted by Crippen LogP contribution is -2.37. The number of fused-ring (bicyclic) bond motifs is 1. The van der Waals surface area contributed by atoms with E-state index in [1.807, 2.05) is 0 Å². The Morgan fingerprint density at radius 1 is 1.35 bits per heavy atom. The molecule has 3 rings (SSSR count). The Hall–Kier alpha value is -1.55. The van der Waals surface area contributed by atoms with Crippen molar-refractivity contribution in [3.63, 3.8) is 0 Å². The van der Waals surface area contributed by atoms with E-state index in [1.54, 1.807) is 6.92 Å². The number of hydrogen-bond donors (Lipinski definition) is 1. The molecular formula is C19H28N2O2. The maximum absolute atomic E-state index is 11.0.